The molecule has 0 amide bonds. The molecule has 2 radical (unpaired) electrons. The lowest BCUT2D eigenvalue weighted by Gasteiger charge is -2.24. The maximum absolute atomic E-state index is 6.01. The Kier molecular flexibility index (Phi) is 7.01. The minimum absolute atomic E-state index is 0.649. The molecule has 1 aromatic rings. The number of alkyl halides is 2. The second kappa shape index (κ2) is 7.74. The van der Waals surface area contributed by atoms with Gasteiger partial charge in [0.2, 0.25) is 0 Å². The molecule has 0 fully saturated rings. The second-order valence-electron chi connectivity index (χ2n) is 4.40. The van der Waals surface area contributed by atoms with Gasteiger partial charge in [0.1, 0.15) is 0 Å². The largest absolute Gasteiger partial charge is 0.0876 e. The van der Waals surface area contributed by atoms with Crippen LogP contribution >= 0.6 is 31.9 Å². The van der Waals surface area contributed by atoms with E-state index in [-0.39, 0.29) is 0 Å². The average molecular weight is 372 g/mol. The van der Waals surface area contributed by atoms with Gasteiger partial charge in [-0.2, -0.15) is 0 Å². The lowest BCUT2D eigenvalue weighted by molar-refractivity contribution is 0.948. The van der Waals surface area contributed by atoms with Crippen molar-refractivity contribution in [2.45, 2.75) is 57.0 Å². The first-order chi connectivity index (χ1) is 8.69. The van der Waals surface area contributed by atoms with Crippen molar-refractivity contribution in [3.05, 3.63) is 33.4 Å². The Morgan fingerprint density at radius 1 is 0.667 bits per heavy atom. The van der Waals surface area contributed by atoms with Crippen molar-refractivity contribution in [3.8, 4) is 0 Å². The van der Waals surface area contributed by atoms with Crippen LogP contribution in [0.4, 0.5) is 0 Å². The van der Waals surface area contributed by atoms with Gasteiger partial charge in [-0.1, -0.05) is 59.0 Å². The third-order valence-electron chi connectivity index (χ3n) is 3.72. The normalized spacial score (nSPS) is 10.9. The first-order valence-corrected chi connectivity index (χ1v) is 8.93. The fourth-order valence-electron chi connectivity index (χ4n) is 2.94. The van der Waals surface area contributed by atoms with Crippen LogP contribution in [-0.4, -0.2) is 7.85 Å². The summed E-state index contributed by atoms with van der Waals surface area (Å²) in [5, 5.41) is 1.85. The van der Waals surface area contributed by atoms with Crippen LogP contribution in [0, 0.1) is 0 Å². The van der Waals surface area contributed by atoms with Crippen molar-refractivity contribution >= 4 is 39.7 Å². The van der Waals surface area contributed by atoms with Crippen LogP contribution in [0.2, 0.25) is 0 Å². The predicted octanol–water partition coefficient (Wildman–Crippen LogP) is 4.83. The highest BCUT2D eigenvalue weighted by molar-refractivity contribution is 9.08. The summed E-state index contributed by atoms with van der Waals surface area (Å²) in [6.07, 6.45) is 3.87. The molecule has 0 atom stereocenters. The molecular formula is C15H21BBr2. The van der Waals surface area contributed by atoms with Crippen LogP contribution in [0.1, 0.15) is 54.2 Å². The summed E-state index contributed by atoms with van der Waals surface area (Å²) in [4.78, 5) is 0. The van der Waals surface area contributed by atoms with Crippen molar-refractivity contribution in [1.29, 1.82) is 0 Å². The van der Waals surface area contributed by atoms with E-state index in [2.05, 4.69) is 52.6 Å². The van der Waals surface area contributed by atoms with Gasteiger partial charge in [0.15, 0.2) is 0 Å². The summed E-state index contributed by atoms with van der Waals surface area (Å²) >= 11 is 7.32. The molecule has 0 aliphatic carbocycles. The van der Waals surface area contributed by atoms with Crippen LogP contribution in [0.5, 0.6) is 0 Å². The van der Waals surface area contributed by atoms with Gasteiger partial charge in [-0.15, -0.1) is 0 Å². The first kappa shape index (κ1) is 16.3. The highest BCUT2D eigenvalue weighted by atomic mass is 79.9. The predicted molar refractivity (Wildman–Crippen MR) is 89.3 cm³/mol. The Balaban J connectivity index is 3.71. The second-order valence-corrected chi connectivity index (χ2v) is 5.52. The molecule has 0 nitrogen and oxygen atoms in total. The SMILES string of the molecule is [B]Cc1c(CC)c(CBr)c(CC)c(CBr)c1CC. The standard InChI is InChI=1S/C15H21BBr2/c1-4-10-13(7-16)11(5-2)15(9-18)12(6-3)14(10)8-17/h4-9H2,1-3H3. The van der Waals surface area contributed by atoms with Crippen molar-refractivity contribution in [2.75, 3.05) is 0 Å². The molecule has 0 saturated heterocycles. The summed E-state index contributed by atoms with van der Waals surface area (Å²) in [7, 11) is 6.01. The molecule has 1 rings (SSSR count). The summed E-state index contributed by atoms with van der Waals surface area (Å²) in [5.74, 6) is 0. The zero-order chi connectivity index (χ0) is 13.7. The zero-order valence-corrected chi connectivity index (χ0v) is 14.7. The average Bonchev–Trinajstić information content (AvgIpc) is 2.43. The van der Waals surface area contributed by atoms with Crippen molar-refractivity contribution in [2.24, 2.45) is 0 Å². The van der Waals surface area contributed by atoms with Crippen molar-refractivity contribution in [3.63, 3.8) is 0 Å². The minimum atomic E-state index is 0.649. The Bertz CT molecular complexity index is 293. The van der Waals surface area contributed by atoms with Gasteiger partial charge in [-0.05, 0) is 52.6 Å². The van der Waals surface area contributed by atoms with Crippen LogP contribution in [0.25, 0.3) is 0 Å². The van der Waals surface area contributed by atoms with Gasteiger partial charge in [-0.25, -0.2) is 0 Å². The number of hydrogen-bond acceptors (Lipinski definition) is 0. The molecule has 0 heterocycles. The molecular weight excluding hydrogens is 351 g/mol. The Morgan fingerprint density at radius 3 is 1.22 bits per heavy atom. The number of halogens is 2. The maximum Gasteiger partial charge on any atom is 0.0716 e. The van der Waals surface area contributed by atoms with Gasteiger partial charge in [-0.3, -0.25) is 0 Å². The summed E-state index contributed by atoms with van der Waals surface area (Å²) < 4.78 is 0. The summed E-state index contributed by atoms with van der Waals surface area (Å²) in [5.41, 5.74) is 8.75. The smallest absolute Gasteiger partial charge is 0.0716 e. The highest BCUT2D eigenvalue weighted by Gasteiger charge is 2.18. The van der Waals surface area contributed by atoms with Crippen LogP contribution in [0.3, 0.4) is 0 Å². The van der Waals surface area contributed by atoms with Crippen LogP contribution < -0.4 is 0 Å². The molecule has 0 spiro atoms. The van der Waals surface area contributed by atoms with Crippen LogP contribution in [0.15, 0.2) is 0 Å². The van der Waals surface area contributed by atoms with E-state index >= 15 is 0 Å². The molecule has 18 heavy (non-hydrogen) atoms. The third kappa shape index (κ3) is 2.87. The minimum Gasteiger partial charge on any atom is -0.0876 e. The fraction of sp³-hybridized carbons (Fsp3) is 0.600. The lowest BCUT2D eigenvalue weighted by Crippen LogP contribution is -2.11. The molecule has 3 heteroatoms. The van der Waals surface area contributed by atoms with E-state index in [0.29, 0.717) is 6.32 Å². The van der Waals surface area contributed by atoms with E-state index < -0.39 is 0 Å². The van der Waals surface area contributed by atoms with Crippen molar-refractivity contribution < 1.29 is 0 Å². The van der Waals surface area contributed by atoms with E-state index in [1.165, 1.54) is 33.4 Å². The maximum atomic E-state index is 6.01. The van der Waals surface area contributed by atoms with Gasteiger partial charge in [0, 0.05) is 10.7 Å². The lowest BCUT2D eigenvalue weighted by atomic mass is 9.80. The zero-order valence-electron chi connectivity index (χ0n) is 11.6. The molecule has 0 aromatic heterocycles. The molecule has 0 aliphatic rings. The Labute approximate surface area is 130 Å². The quantitative estimate of drug-likeness (QED) is 0.496. The third-order valence-corrected chi connectivity index (χ3v) is 4.84. The number of benzene rings is 1. The molecule has 0 saturated carbocycles. The molecule has 1 aromatic carbocycles. The highest BCUT2D eigenvalue weighted by Crippen LogP contribution is 2.32. The monoisotopic (exact) mass is 370 g/mol. The molecule has 98 valence electrons. The number of rotatable bonds is 6. The fourth-order valence-corrected chi connectivity index (χ4v) is 4.30. The van der Waals surface area contributed by atoms with Gasteiger partial charge in [0.05, 0.1) is 7.85 Å². The molecule has 0 N–H and O–H groups in total. The van der Waals surface area contributed by atoms with Gasteiger partial charge in [0.25, 0.3) is 0 Å². The van der Waals surface area contributed by atoms with Gasteiger partial charge < -0.3 is 0 Å². The van der Waals surface area contributed by atoms with Gasteiger partial charge >= 0.3 is 0 Å². The Morgan fingerprint density at radius 2 is 1.00 bits per heavy atom. The van der Waals surface area contributed by atoms with E-state index in [4.69, 9.17) is 7.85 Å². The summed E-state index contributed by atoms with van der Waals surface area (Å²) in [6.45, 7) is 6.70. The van der Waals surface area contributed by atoms with E-state index in [1.54, 1.807) is 0 Å². The first-order valence-electron chi connectivity index (χ1n) is 6.69. The summed E-state index contributed by atoms with van der Waals surface area (Å²) in [6, 6.07) is 0. The van der Waals surface area contributed by atoms with Crippen molar-refractivity contribution in [1.82, 2.24) is 0 Å². The molecule has 0 unspecified atom stereocenters. The molecule has 0 bridgehead atoms. The Hall–Kier alpha value is 0.245. The van der Waals surface area contributed by atoms with E-state index in [9.17, 15) is 0 Å². The number of hydrogen-bond donors (Lipinski definition) is 0. The topological polar surface area (TPSA) is 0 Å². The molecule has 0 aliphatic heterocycles. The van der Waals surface area contributed by atoms with E-state index in [0.717, 1.165) is 29.9 Å². The van der Waals surface area contributed by atoms with E-state index in [1.807, 2.05) is 0 Å². The van der Waals surface area contributed by atoms with Crippen LogP contribution in [-0.2, 0) is 36.2 Å².